The molecule has 7 fully saturated rings. The molecule has 0 N–H and O–H groups in total. The third kappa shape index (κ3) is 10.8. The van der Waals surface area contributed by atoms with Gasteiger partial charge in [-0.1, -0.05) is 85.1 Å². The zero-order valence-electron chi connectivity index (χ0n) is 35.8. The molecule has 4 saturated carbocycles. The quantitative estimate of drug-likeness (QED) is 0.0422. The van der Waals surface area contributed by atoms with Gasteiger partial charge in [-0.3, -0.25) is 0 Å². The third-order valence-corrected chi connectivity index (χ3v) is 14.6. The molecule has 8 nitrogen and oxygen atoms in total. The summed E-state index contributed by atoms with van der Waals surface area (Å²) in [6.07, 6.45) is 28.8. The molecule has 3 saturated heterocycles. The molecule has 0 amide bonds. The van der Waals surface area contributed by atoms with Gasteiger partial charge in [0, 0.05) is 63.9 Å². The van der Waals surface area contributed by atoms with Crippen LogP contribution >= 0.6 is 0 Å². The minimum absolute atomic E-state index is 0.131. The van der Waals surface area contributed by atoms with Gasteiger partial charge in [0.2, 0.25) is 0 Å². The standard InChI is InChI=1S/C47H80O8/c1-6-18-41(24-30-52-41)21-12-9-15-27-49-44-33-45(50-28-16-10-13-22-42(19-7-2)25-31-53-42)35-46(34-44,38-47(36-44,37-45)55-40(48)39(4)5)51-29-17-11-14-23-43(20-8-3)26-32-54-43/h4,6-38H2,1-3,5H3. The first-order chi connectivity index (χ1) is 26.5. The predicted octanol–water partition coefficient (Wildman–Crippen LogP) is 11.1. The molecule has 3 atom stereocenters. The molecule has 8 heteroatoms. The van der Waals surface area contributed by atoms with Crippen LogP contribution in [-0.4, -0.2) is 84.8 Å². The van der Waals surface area contributed by atoms with Crippen molar-refractivity contribution in [2.24, 2.45) is 0 Å². The molecule has 3 unspecified atom stereocenters. The fraction of sp³-hybridized carbons (Fsp3) is 0.936. The Bertz CT molecular complexity index is 1100. The van der Waals surface area contributed by atoms with E-state index in [4.69, 9.17) is 33.2 Å². The molecule has 0 aromatic heterocycles. The van der Waals surface area contributed by atoms with Crippen LogP contribution in [0.25, 0.3) is 0 Å². The Hall–Kier alpha value is -1.03. The Kier molecular flexibility index (Phi) is 15.0. The van der Waals surface area contributed by atoms with Crippen LogP contribution in [-0.2, 0) is 38.0 Å². The van der Waals surface area contributed by atoms with Gasteiger partial charge in [0.1, 0.15) is 5.60 Å². The van der Waals surface area contributed by atoms with E-state index in [-0.39, 0.29) is 22.8 Å². The van der Waals surface area contributed by atoms with Gasteiger partial charge >= 0.3 is 5.97 Å². The summed E-state index contributed by atoms with van der Waals surface area (Å²) in [5.74, 6) is -0.305. The van der Waals surface area contributed by atoms with Crippen molar-refractivity contribution in [1.82, 2.24) is 0 Å². The average Bonchev–Trinajstić information content (AvgIpc) is 3.08. The van der Waals surface area contributed by atoms with E-state index in [9.17, 15) is 4.79 Å². The summed E-state index contributed by atoms with van der Waals surface area (Å²) in [7, 11) is 0. The molecule has 0 aromatic carbocycles. The van der Waals surface area contributed by atoms with Crippen molar-refractivity contribution in [3.8, 4) is 0 Å². The molecule has 7 aliphatic rings. The second-order valence-electron chi connectivity index (χ2n) is 19.5. The van der Waals surface area contributed by atoms with Gasteiger partial charge in [-0.15, -0.1) is 0 Å². The molecule has 0 aromatic rings. The maximum atomic E-state index is 13.3. The second kappa shape index (κ2) is 18.9. The van der Waals surface area contributed by atoms with Crippen LogP contribution in [0.2, 0.25) is 0 Å². The van der Waals surface area contributed by atoms with Gasteiger partial charge in [0.15, 0.2) is 0 Å². The lowest BCUT2D eigenvalue weighted by molar-refractivity contribution is -0.327. The average molecular weight is 773 g/mol. The lowest BCUT2D eigenvalue weighted by Gasteiger charge is -2.68. The minimum Gasteiger partial charge on any atom is -0.455 e. The first-order valence-corrected chi connectivity index (χ1v) is 23.2. The summed E-state index contributed by atoms with van der Waals surface area (Å²) < 4.78 is 46.0. The fourth-order valence-electron chi connectivity index (χ4n) is 12.3. The number of hydrogen-bond acceptors (Lipinski definition) is 8. The van der Waals surface area contributed by atoms with E-state index in [1.807, 2.05) is 0 Å². The van der Waals surface area contributed by atoms with Gasteiger partial charge < -0.3 is 33.2 Å². The van der Waals surface area contributed by atoms with Crippen LogP contribution in [0.1, 0.15) is 201 Å². The zero-order chi connectivity index (χ0) is 38.9. The van der Waals surface area contributed by atoms with Crippen LogP contribution < -0.4 is 0 Å². The van der Waals surface area contributed by atoms with Crippen molar-refractivity contribution in [1.29, 1.82) is 0 Å². The number of rotatable bonds is 29. The Balaban J connectivity index is 1.09. The van der Waals surface area contributed by atoms with E-state index < -0.39 is 22.4 Å². The molecule has 4 aliphatic carbocycles. The van der Waals surface area contributed by atoms with E-state index in [0.29, 0.717) is 44.7 Å². The molecule has 0 radical (unpaired) electrons. The SMILES string of the molecule is C=C(C)C(=O)OC12CC3(OCCCCCC4(CCC)CCO4)CC(OCCCCCC4(CCC)CCO4)(CC(OCCCCCC4(CCC)CCO4)(C3)C1)C2. The van der Waals surface area contributed by atoms with E-state index in [0.717, 1.165) is 96.9 Å². The van der Waals surface area contributed by atoms with Crippen molar-refractivity contribution >= 4 is 5.97 Å². The van der Waals surface area contributed by atoms with E-state index >= 15 is 0 Å². The Morgan fingerprint density at radius 2 is 0.800 bits per heavy atom. The maximum Gasteiger partial charge on any atom is 0.333 e. The topological polar surface area (TPSA) is 81.7 Å². The van der Waals surface area contributed by atoms with Crippen molar-refractivity contribution in [3.63, 3.8) is 0 Å². The lowest BCUT2D eigenvalue weighted by atomic mass is 9.48. The Labute approximate surface area is 335 Å². The van der Waals surface area contributed by atoms with Gasteiger partial charge in [0.25, 0.3) is 0 Å². The first kappa shape index (κ1) is 43.5. The van der Waals surface area contributed by atoms with Gasteiger partial charge in [-0.05, 0) is 84.0 Å². The molecule has 0 spiro atoms. The van der Waals surface area contributed by atoms with Gasteiger partial charge in [0.05, 0.1) is 53.4 Å². The highest BCUT2D eigenvalue weighted by atomic mass is 16.6. The molecule has 4 bridgehead atoms. The summed E-state index contributed by atoms with van der Waals surface area (Å²) in [5.41, 5.74) is -1.15. The molecule has 3 heterocycles. The van der Waals surface area contributed by atoms with Crippen molar-refractivity contribution in [2.45, 2.75) is 240 Å². The predicted molar refractivity (Wildman–Crippen MR) is 217 cm³/mol. The fourth-order valence-corrected chi connectivity index (χ4v) is 12.3. The first-order valence-electron chi connectivity index (χ1n) is 23.2. The Morgan fingerprint density at radius 3 is 1.05 bits per heavy atom. The maximum absolute atomic E-state index is 13.3. The largest absolute Gasteiger partial charge is 0.455 e. The number of hydrogen-bond donors (Lipinski definition) is 0. The third-order valence-electron chi connectivity index (χ3n) is 14.6. The van der Waals surface area contributed by atoms with Crippen molar-refractivity contribution < 1.29 is 38.0 Å². The van der Waals surface area contributed by atoms with E-state index in [1.54, 1.807) is 6.92 Å². The molecular formula is C47H80O8. The zero-order valence-corrected chi connectivity index (χ0v) is 35.8. The minimum atomic E-state index is -0.679. The molecule has 316 valence electrons. The number of unbranched alkanes of at least 4 members (excludes halogenated alkanes) is 6. The van der Waals surface area contributed by atoms with Crippen LogP contribution in [0.5, 0.6) is 0 Å². The normalized spacial score (nSPS) is 37.3. The van der Waals surface area contributed by atoms with Gasteiger partial charge in [-0.2, -0.15) is 0 Å². The van der Waals surface area contributed by atoms with Crippen LogP contribution in [0.4, 0.5) is 0 Å². The highest BCUT2D eigenvalue weighted by Crippen LogP contribution is 2.65. The van der Waals surface area contributed by atoms with Crippen molar-refractivity contribution in [2.75, 3.05) is 39.6 Å². The molecule has 55 heavy (non-hydrogen) atoms. The van der Waals surface area contributed by atoms with Crippen molar-refractivity contribution in [3.05, 3.63) is 12.2 Å². The monoisotopic (exact) mass is 773 g/mol. The molecule has 7 rings (SSSR count). The second-order valence-corrected chi connectivity index (χ2v) is 19.5. The summed E-state index contributed by atoms with van der Waals surface area (Å²) in [6, 6.07) is 0. The van der Waals surface area contributed by atoms with Crippen LogP contribution in [0.3, 0.4) is 0 Å². The van der Waals surface area contributed by atoms with E-state index in [1.165, 1.54) is 77.0 Å². The van der Waals surface area contributed by atoms with Gasteiger partial charge in [-0.25, -0.2) is 4.79 Å². The summed E-state index contributed by atoms with van der Waals surface area (Å²) in [4.78, 5) is 13.3. The summed E-state index contributed by atoms with van der Waals surface area (Å²) >= 11 is 0. The highest BCUT2D eigenvalue weighted by Gasteiger charge is 2.72. The number of ether oxygens (including phenoxy) is 7. The number of esters is 1. The number of carbonyl (C=O) groups is 1. The smallest absolute Gasteiger partial charge is 0.333 e. The van der Waals surface area contributed by atoms with Crippen LogP contribution in [0.15, 0.2) is 12.2 Å². The Morgan fingerprint density at radius 1 is 0.491 bits per heavy atom. The van der Waals surface area contributed by atoms with E-state index in [2.05, 4.69) is 27.4 Å². The lowest BCUT2D eigenvalue weighted by Crippen LogP contribution is -2.74. The summed E-state index contributed by atoms with van der Waals surface area (Å²) in [6.45, 7) is 17.4. The van der Waals surface area contributed by atoms with Crippen LogP contribution in [0, 0.1) is 0 Å². The number of carbonyl (C=O) groups excluding carboxylic acids is 1. The molecule has 3 aliphatic heterocycles. The highest BCUT2D eigenvalue weighted by molar-refractivity contribution is 5.87. The molecular weight excluding hydrogens is 693 g/mol. The summed E-state index contributed by atoms with van der Waals surface area (Å²) in [5, 5.41) is 0.